The van der Waals surface area contributed by atoms with Crippen molar-refractivity contribution < 1.29 is 10.0 Å². The van der Waals surface area contributed by atoms with Crippen LogP contribution in [0.1, 0.15) is 30.4 Å². The highest BCUT2D eigenvalue weighted by molar-refractivity contribution is 5.65. The van der Waals surface area contributed by atoms with Gasteiger partial charge in [0.1, 0.15) is 5.69 Å². The number of nitro benzene ring substituents is 1. The lowest BCUT2D eigenvalue weighted by Gasteiger charge is -2.38. The molecule has 0 bridgehead atoms. The van der Waals surface area contributed by atoms with Crippen LogP contribution in [-0.4, -0.2) is 23.1 Å². The Balaban J connectivity index is 1.84. The summed E-state index contributed by atoms with van der Waals surface area (Å²) < 4.78 is 0. The molecule has 1 heterocycles. The average molecular weight is 326 g/mol. The number of hydrogen-bond donors (Lipinski definition) is 1. The molecular weight excluding hydrogens is 304 g/mol. The molecule has 3 rings (SSSR count). The average Bonchev–Trinajstić information content (AvgIpc) is 2.61. The zero-order valence-electron chi connectivity index (χ0n) is 13.8. The molecule has 1 saturated heterocycles. The van der Waals surface area contributed by atoms with Crippen LogP contribution >= 0.6 is 0 Å². The van der Waals surface area contributed by atoms with E-state index in [1.165, 1.54) is 11.6 Å². The van der Waals surface area contributed by atoms with E-state index in [1.807, 2.05) is 6.07 Å². The van der Waals surface area contributed by atoms with Crippen LogP contribution < -0.4 is 4.90 Å². The quantitative estimate of drug-likeness (QED) is 0.687. The Bertz CT molecular complexity index is 718. The predicted octanol–water partition coefficient (Wildman–Crippen LogP) is 3.72. The molecule has 0 radical (unpaired) electrons. The maximum atomic E-state index is 11.3. The van der Waals surface area contributed by atoms with Crippen LogP contribution in [0.2, 0.25) is 0 Å². The van der Waals surface area contributed by atoms with E-state index in [-0.39, 0.29) is 17.2 Å². The molecule has 1 fully saturated rings. The topological polar surface area (TPSA) is 66.6 Å². The van der Waals surface area contributed by atoms with Crippen LogP contribution in [0.3, 0.4) is 0 Å². The van der Waals surface area contributed by atoms with Crippen LogP contribution in [-0.2, 0) is 6.61 Å². The van der Waals surface area contributed by atoms with E-state index < -0.39 is 0 Å². The van der Waals surface area contributed by atoms with Gasteiger partial charge in [0.2, 0.25) is 0 Å². The molecule has 1 aliphatic heterocycles. The molecule has 0 spiro atoms. The highest BCUT2D eigenvalue weighted by atomic mass is 16.6. The molecule has 5 nitrogen and oxygen atoms in total. The standard InChI is InChI=1S/C19H22N2O3/c1-14-12-20(10-9-17(14)16-5-3-2-4-6-16)19-11-15(13-22)7-8-18(19)21(23)24/h2-8,11,14,17,22H,9-10,12-13H2,1H3. The number of aliphatic hydroxyl groups is 1. The van der Waals surface area contributed by atoms with E-state index in [1.54, 1.807) is 12.1 Å². The van der Waals surface area contributed by atoms with Crippen molar-refractivity contribution in [3.63, 3.8) is 0 Å². The van der Waals surface area contributed by atoms with E-state index in [4.69, 9.17) is 0 Å². The van der Waals surface area contributed by atoms with Crippen molar-refractivity contribution in [2.24, 2.45) is 5.92 Å². The van der Waals surface area contributed by atoms with Crippen molar-refractivity contribution in [3.8, 4) is 0 Å². The zero-order chi connectivity index (χ0) is 17.1. The van der Waals surface area contributed by atoms with Gasteiger partial charge in [-0.15, -0.1) is 0 Å². The van der Waals surface area contributed by atoms with Crippen LogP contribution in [0, 0.1) is 16.0 Å². The summed E-state index contributed by atoms with van der Waals surface area (Å²) >= 11 is 0. The molecule has 0 saturated carbocycles. The SMILES string of the molecule is CC1CN(c2cc(CO)ccc2[N+](=O)[O-])CCC1c1ccccc1. The van der Waals surface area contributed by atoms with E-state index in [2.05, 4.69) is 36.1 Å². The van der Waals surface area contributed by atoms with Gasteiger partial charge in [-0.25, -0.2) is 0 Å². The van der Waals surface area contributed by atoms with Gasteiger partial charge in [-0.2, -0.15) is 0 Å². The summed E-state index contributed by atoms with van der Waals surface area (Å²) in [6.45, 7) is 3.64. The third kappa shape index (κ3) is 3.26. The molecule has 0 aliphatic carbocycles. The van der Waals surface area contributed by atoms with Gasteiger partial charge in [-0.05, 0) is 41.5 Å². The summed E-state index contributed by atoms with van der Waals surface area (Å²) in [6.07, 6.45) is 0.964. The van der Waals surface area contributed by atoms with Crippen molar-refractivity contribution in [2.75, 3.05) is 18.0 Å². The van der Waals surface area contributed by atoms with Gasteiger partial charge in [0.05, 0.1) is 11.5 Å². The Morgan fingerprint density at radius 3 is 2.62 bits per heavy atom. The van der Waals surface area contributed by atoms with Crippen molar-refractivity contribution in [3.05, 3.63) is 69.8 Å². The molecule has 2 aromatic carbocycles. The second-order valence-corrected chi connectivity index (χ2v) is 6.47. The third-order valence-electron chi connectivity index (χ3n) is 4.89. The molecule has 2 atom stereocenters. The van der Waals surface area contributed by atoms with E-state index >= 15 is 0 Å². The van der Waals surface area contributed by atoms with Gasteiger partial charge in [0.15, 0.2) is 0 Å². The predicted molar refractivity (Wildman–Crippen MR) is 94.2 cm³/mol. The lowest BCUT2D eigenvalue weighted by molar-refractivity contribution is -0.384. The van der Waals surface area contributed by atoms with Gasteiger partial charge < -0.3 is 10.0 Å². The first-order valence-electron chi connectivity index (χ1n) is 8.28. The third-order valence-corrected chi connectivity index (χ3v) is 4.89. The fraction of sp³-hybridized carbons (Fsp3) is 0.368. The van der Waals surface area contributed by atoms with Gasteiger partial charge in [-0.1, -0.05) is 37.3 Å². The Labute approximate surface area is 141 Å². The second kappa shape index (κ2) is 7.01. The second-order valence-electron chi connectivity index (χ2n) is 6.47. The number of benzene rings is 2. The minimum absolute atomic E-state index is 0.109. The first-order chi connectivity index (χ1) is 11.6. The summed E-state index contributed by atoms with van der Waals surface area (Å²) in [4.78, 5) is 13.1. The minimum Gasteiger partial charge on any atom is -0.392 e. The fourth-order valence-electron chi connectivity index (χ4n) is 3.63. The van der Waals surface area contributed by atoms with Gasteiger partial charge in [0.25, 0.3) is 5.69 Å². The zero-order valence-corrected chi connectivity index (χ0v) is 13.8. The van der Waals surface area contributed by atoms with Crippen molar-refractivity contribution in [1.82, 2.24) is 0 Å². The van der Waals surface area contributed by atoms with Gasteiger partial charge in [-0.3, -0.25) is 10.1 Å². The normalized spacial score (nSPS) is 20.8. The Morgan fingerprint density at radius 1 is 1.25 bits per heavy atom. The van der Waals surface area contributed by atoms with Gasteiger partial charge in [0, 0.05) is 19.2 Å². The molecule has 1 N–H and O–H groups in total. The summed E-state index contributed by atoms with van der Waals surface area (Å²) in [7, 11) is 0. The lowest BCUT2D eigenvalue weighted by atomic mass is 9.81. The minimum atomic E-state index is -0.343. The van der Waals surface area contributed by atoms with Crippen molar-refractivity contribution >= 4 is 11.4 Å². The molecule has 24 heavy (non-hydrogen) atoms. The highest BCUT2D eigenvalue weighted by Gasteiger charge is 2.30. The van der Waals surface area contributed by atoms with Gasteiger partial charge >= 0.3 is 0 Å². The largest absolute Gasteiger partial charge is 0.392 e. The highest BCUT2D eigenvalue weighted by Crippen LogP contribution is 2.37. The molecule has 2 unspecified atom stereocenters. The Morgan fingerprint density at radius 2 is 2.00 bits per heavy atom. The fourth-order valence-corrected chi connectivity index (χ4v) is 3.63. The number of anilines is 1. The summed E-state index contributed by atoms with van der Waals surface area (Å²) in [5.41, 5.74) is 2.76. The molecule has 5 heteroatoms. The lowest BCUT2D eigenvalue weighted by Crippen LogP contribution is -2.38. The van der Waals surface area contributed by atoms with E-state index in [0.717, 1.165) is 19.5 Å². The molecular formula is C19H22N2O3. The number of rotatable bonds is 4. The number of nitro groups is 1. The molecule has 126 valence electrons. The number of aliphatic hydroxyl groups excluding tert-OH is 1. The van der Waals surface area contributed by atoms with Crippen LogP contribution in [0.5, 0.6) is 0 Å². The summed E-state index contributed by atoms with van der Waals surface area (Å²) in [5, 5.41) is 20.7. The smallest absolute Gasteiger partial charge is 0.292 e. The summed E-state index contributed by atoms with van der Waals surface area (Å²) in [6, 6.07) is 15.3. The van der Waals surface area contributed by atoms with Crippen LogP contribution in [0.15, 0.2) is 48.5 Å². The van der Waals surface area contributed by atoms with E-state index in [0.29, 0.717) is 23.1 Å². The number of nitrogens with zero attached hydrogens (tertiary/aromatic N) is 2. The van der Waals surface area contributed by atoms with Crippen molar-refractivity contribution in [2.45, 2.75) is 25.9 Å². The molecule has 0 amide bonds. The molecule has 0 aromatic heterocycles. The first-order valence-corrected chi connectivity index (χ1v) is 8.28. The Hall–Kier alpha value is -2.40. The first kappa shape index (κ1) is 16.5. The monoisotopic (exact) mass is 326 g/mol. The molecule has 1 aliphatic rings. The number of piperidine rings is 1. The maximum absolute atomic E-state index is 11.3. The number of hydrogen-bond acceptors (Lipinski definition) is 4. The van der Waals surface area contributed by atoms with Crippen LogP contribution in [0.25, 0.3) is 0 Å². The Kier molecular flexibility index (Phi) is 4.81. The summed E-state index contributed by atoms with van der Waals surface area (Å²) in [5.74, 6) is 0.876. The van der Waals surface area contributed by atoms with Crippen LogP contribution in [0.4, 0.5) is 11.4 Å². The van der Waals surface area contributed by atoms with Crippen molar-refractivity contribution in [1.29, 1.82) is 0 Å². The maximum Gasteiger partial charge on any atom is 0.292 e. The molecule has 2 aromatic rings. The van der Waals surface area contributed by atoms with E-state index in [9.17, 15) is 15.2 Å².